The predicted octanol–water partition coefficient (Wildman–Crippen LogP) is 2.48. The zero-order valence-electron chi connectivity index (χ0n) is 11.7. The van der Waals surface area contributed by atoms with Gasteiger partial charge in [0.25, 0.3) is 5.89 Å². The van der Waals surface area contributed by atoms with Gasteiger partial charge in [0.15, 0.2) is 5.82 Å². The van der Waals surface area contributed by atoms with Crippen molar-refractivity contribution in [3.05, 3.63) is 23.3 Å². The van der Waals surface area contributed by atoms with E-state index in [0.29, 0.717) is 24.8 Å². The van der Waals surface area contributed by atoms with Gasteiger partial charge >= 0.3 is 5.97 Å². The Morgan fingerprint density at radius 3 is 2.85 bits per heavy atom. The van der Waals surface area contributed by atoms with Gasteiger partial charge in [-0.3, -0.25) is 9.69 Å². The highest BCUT2D eigenvalue weighted by atomic mass is 32.1. The molecule has 0 fully saturated rings. The first-order valence-electron chi connectivity index (χ1n) is 6.30. The van der Waals surface area contributed by atoms with Gasteiger partial charge in [-0.2, -0.15) is 4.98 Å². The van der Waals surface area contributed by atoms with Crippen molar-refractivity contribution < 1.29 is 14.4 Å². The Bertz CT molecular complexity index is 577. The fraction of sp³-hybridized carbons (Fsp3) is 0.462. The van der Waals surface area contributed by atoms with Gasteiger partial charge in [0.1, 0.15) is 5.54 Å². The fourth-order valence-electron chi connectivity index (χ4n) is 1.83. The van der Waals surface area contributed by atoms with E-state index in [1.807, 2.05) is 24.4 Å². The van der Waals surface area contributed by atoms with Crippen molar-refractivity contribution in [2.75, 3.05) is 6.54 Å². The summed E-state index contributed by atoms with van der Waals surface area (Å²) in [5.41, 5.74) is -0.974. The van der Waals surface area contributed by atoms with Gasteiger partial charge in [-0.25, -0.2) is 0 Å². The highest BCUT2D eigenvalue weighted by molar-refractivity contribution is 7.13. The maximum atomic E-state index is 11.3. The number of carboxylic acids is 1. The molecule has 0 bridgehead atoms. The van der Waals surface area contributed by atoms with Crippen molar-refractivity contribution in [2.24, 2.45) is 0 Å². The molecule has 6 nitrogen and oxygen atoms in total. The lowest BCUT2D eigenvalue weighted by molar-refractivity contribution is -0.149. The maximum absolute atomic E-state index is 11.3. The van der Waals surface area contributed by atoms with Crippen LogP contribution in [-0.4, -0.2) is 38.2 Å². The molecule has 0 aliphatic heterocycles. The molecule has 0 saturated carbocycles. The van der Waals surface area contributed by atoms with Crippen LogP contribution in [0.1, 0.15) is 26.6 Å². The Morgan fingerprint density at radius 1 is 1.55 bits per heavy atom. The Hall–Kier alpha value is -1.73. The standard InChI is InChI=1S/C13H17N3O3S/c1-4-16(13(2,3)12(17)18)8-10-14-11(19-15-10)9-6-5-7-20-9/h5-7H,4,8H2,1-3H3,(H,17,18). The van der Waals surface area contributed by atoms with Crippen LogP contribution >= 0.6 is 11.3 Å². The molecule has 2 aromatic heterocycles. The normalized spacial score (nSPS) is 12.0. The minimum Gasteiger partial charge on any atom is -0.480 e. The molecular formula is C13H17N3O3S. The summed E-state index contributed by atoms with van der Waals surface area (Å²) in [4.78, 5) is 18.3. The van der Waals surface area contributed by atoms with Gasteiger partial charge in [0, 0.05) is 0 Å². The quantitative estimate of drug-likeness (QED) is 0.882. The van der Waals surface area contributed by atoms with Crippen molar-refractivity contribution in [1.29, 1.82) is 0 Å². The Morgan fingerprint density at radius 2 is 2.30 bits per heavy atom. The third kappa shape index (κ3) is 2.88. The van der Waals surface area contributed by atoms with Crippen LogP contribution in [0.2, 0.25) is 0 Å². The van der Waals surface area contributed by atoms with Crippen LogP contribution in [-0.2, 0) is 11.3 Å². The largest absolute Gasteiger partial charge is 0.480 e. The molecule has 2 rings (SSSR count). The third-order valence-electron chi connectivity index (χ3n) is 3.23. The molecule has 1 N–H and O–H groups in total. The van der Waals surface area contributed by atoms with Crippen molar-refractivity contribution in [2.45, 2.75) is 32.9 Å². The molecule has 0 aliphatic carbocycles. The van der Waals surface area contributed by atoms with Crippen molar-refractivity contribution >= 4 is 17.3 Å². The number of rotatable bonds is 6. The van der Waals surface area contributed by atoms with Crippen LogP contribution in [0.25, 0.3) is 10.8 Å². The fourth-order valence-corrected chi connectivity index (χ4v) is 2.47. The van der Waals surface area contributed by atoms with Gasteiger partial charge in [-0.15, -0.1) is 11.3 Å². The van der Waals surface area contributed by atoms with E-state index in [4.69, 9.17) is 4.52 Å². The average molecular weight is 295 g/mol. The molecule has 7 heteroatoms. The van der Waals surface area contributed by atoms with Gasteiger partial charge in [0.05, 0.1) is 11.4 Å². The molecular weight excluding hydrogens is 278 g/mol. The minimum atomic E-state index is -0.974. The number of hydrogen-bond acceptors (Lipinski definition) is 6. The number of hydrogen-bond donors (Lipinski definition) is 1. The summed E-state index contributed by atoms with van der Waals surface area (Å²) in [6.45, 7) is 6.16. The summed E-state index contributed by atoms with van der Waals surface area (Å²) >= 11 is 1.52. The summed E-state index contributed by atoms with van der Waals surface area (Å²) in [5, 5.41) is 15.1. The summed E-state index contributed by atoms with van der Waals surface area (Å²) < 4.78 is 5.20. The number of thiophene rings is 1. The minimum absolute atomic E-state index is 0.338. The summed E-state index contributed by atoms with van der Waals surface area (Å²) in [6, 6.07) is 3.82. The van der Waals surface area contributed by atoms with Crippen LogP contribution in [0, 0.1) is 0 Å². The van der Waals surface area contributed by atoms with E-state index in [1.165, 1.54) is 11.3 Å². The van der Waals surface area contributed by atoms with Gasteiger partial charge in [0.2, 0.25) is 0 Å². The van der Waals surface area contributed by atoms with Crippen LogP contribution in [0.5, 0.6) is 0 Å². The Kier molecular flexibility index (Phi) is 4.20. The molecule has 0 spiro atoms. The van der Waals surface area contributed by atoms with E-state index in [1.54, 1.807) is 18.7 Å². The molecule has 0 aromatic carbocycles. The monoisotopic (exact) mass is 295 g/mol. The first-order chi connectivity index (χ1) is 9.45. The Balaban J connectivity index is 2.15. The van der Waals surface area contributed by atoms with Crippen molar-refractivity contribution in [1.82, 2.24) is 15.0 Å². The van der Waals surface area contributed by atoms with Crippen LogP contribution in [0.4, 0.5) is 0 Å². The highest BCUT2D eigenvalue weighted by Crippen LogP contribution is 2.23. The number of carboxylic acid groups (broad SMARTS) is 1. The van der Waals surface area contributed by atoms with Crippen LogP contribution in [0.3, 0.4) is 0 Å². The van der Waals surface area contributed by atoms with Crippen LogP contribution < -0.4 is 0 Å². The molecule has 20 heavy (non-hydrogen) atoms. The van der Waals surface area contributed by atoms with Gasteiger partial charge in [-0.05, 0) is 31.8 Å². The zero-order chi connectivity index (χ0) is 14.8. The van der Waals surface area contributed by atoms with E-state index >= 15 is 0 Å². The van der Waals surface area contributed by atoms with E-state index < -0.39 is 11.5 Å². The van der Waals surface area contributed by atoms with Gasteiger partial charge < -0.3 is 9.63 Å². The van der Waals surface area contributed by atoms with Crippen molar-refractivity contribution in [3.8, 4) is 10.8 Å². The maximum Gasteiger partial charge on any atom is 0.323 e. The van der Waals surface area contributed by atoms with E-state index in [-0.39, 0.29) is 0 Å². The van der Waals surface area contributed by atoms with E-state index in [2.05, 4.69) is 10.1 Å². The number of aromatic nitrogens is 2. The second-order valence-electron chi connectivity index (χ2n) is 4.87. The number of likely N-dealkylation sites (N-methyl/N-ethyl adjacent to an activating group) is 1. The lowest BCUT2D eigenvalue weighted by Gasteiger charge is -2.32. The zero-order valence-corrected chi connectivity index (χ0v) is 12.5. The smallest absolute Gasteiger partial charge is 0.323 e. The van der Waals surface area contributed by atoms with Crippen molar-refractivity contribution in [3.63, 3.8) is 0 Å². The molecule has 0 aliphatic rings. The number of nitrogens with zero attached hydrogens (tertiary/aromatic N) is 3. The molecule has 108 valence electrons. The first-order valence-corrected chi connectivity index (χ1v) is 7.18. The SMILES string of the molecule is CCN(Cc1noc(-c2cccs2)n1)C(C)(C)C(=O)O. The second-order valence-corrected chi connectivity index (χ2v) is 5.82. The molecule has 0 amide bonds. The van der Waals surface area contributed by atoms with Crippen LogP contribution in [0.15, 0.2) is 22.0 Å². The lowest BCUT2D eigenvalue weighted by Crippen LogP contribution is -2.49. The molecule has 0 radical (unpaired) electrons. The summed E-state index contributed by atoms with van der Waals surface area (Å²) in [5.74, 6) is 0.0880. The second kappa shape index (κ2) is 5.72. The average Bonchev–Trinajstić information content (AvgIpc) is 3.06. The molecule has 0 unspecified atom stereocenters. The van der Waals surface area contributed by atoms with E-state index in [9.17, 15) is 9.90 Å². The number of carbonyl (C=O) groups is 1. The summed E-state index contributed by atoms with van der Waals surface area (Å²) in [7, 11) is 0. The summed E-state index contributed by atoms with van der Waals surface area (Å²) in [6.07, 6.45) is 0. The molecule has 0 atom stereocenters. The molecule has 2 aromatic rings. The first kappa shape index (κ1) is 14.7. The Labute approximate surface area is 121 Å². The number of aliphatic carboxylic acids is 1. The predicted molar refractivity (Wildman–Crippen MR) is 75.4 cm³/mol. The lowest BCUT2D eigenvalue weighted by atomic mass is 10.0. The molecule has 0 saturated heterocycles. The molecule has 2 heterocycles. The van der Waals surface area contributed by atoms with Gasteiger partial charge in [-0.1, -0.05) is 18.1 Å². The third-order valence-corrected chi connectivity index (χ3v) is 4.09. The highest BCUT2D eigenvalue weighted by Gasteiger charge is 2.34. The van der Waals surface area contributed by atoms with E-state index in [0.717, 1.165) is 4.88 Å². The topological polar surface area (TPSA) is 79.5 Å².